The number of anilines is 2. The molecule has 2 aromatic carbocycles. The van der Waals surface area contributed by atoms with E-state index in [1.54, 1.807) is 18.2 Å². The van der Waals surface area contributed by atoms with Gasteiger partial charge in [-0.1, -0.05) is 6.07 Å². The number of nitrogens with one attached hydrogen (secondary N) is 1. The molecule has 1 atom stereocenters. The molecule has 8 nitrogen and oxygen atoms in total. The van der Waals surface area contributed by atoms with Crippen LogP contribution in [0.5, 0.6) is 0 Å². The van der Waals surface area contributed by atoms with E-state index in [9.17, 15) is 24.4 Å². The van der Waals surface area contributed by atoms with Gasteiger partial charge < -0.3 is 20.1 Å². The van der Waals surface area contributed by atoms with Gasteiger partial charge in [0.2, 0.25) is 0 Å². The number of ether oxygens (including phenoxy) is 1. The number of benzene rings is 2. The standard InChI is InChI=1S/C23H26FN3O5/c1-15(19-14-17(24)5-7-21(19)26-11-9-18(28)10-12-26)25-20-6-3-16(4-8-23(29)32-2)13-22(20)27(30)31/h3-8,13-15,18,25,28H,9-12H2,1-2H3. The molecule has 0 saturated carbocycles. The number of carbonyl (C=O) groups is 1. The number of nitro groups is 1. The molecule has 1 unspecified atom stereocenters. The highest BCUT2D eigenvalue weighted by atomic mass is 19.1. The van der Waals surface area contributed by atoms with Crippen molar-refractivity contribution in [2.45, 2.75) is 31.9 Å². The highest BCUT2D eigenvalue weighted by molar-refractivity contribution is 5.87. The number of hydrogen-bond acceptors (Lipinski definition) is 7. The number of aliphatic hydroxyl groups is 1. The third-order valence-corrected chi connectivity index (χ3v) is 5.46. The largest absolute Gasteiger partial charge is 0.466 e. The van der Waals surface area contributed by atoms with Gasteiger partial charge >= 0.3 is 5.97 Å². The van der Waals surface area contributed by atoms with Gasteiger partial charge in [0.15, 0.2) is 0 Å². The third-order valence-electron chi connectivity index (χ3n) is 5.46. The molecular weight excluding hydrogens is 417 g/mol. The third kappa shape index (κ3) is 5.61. The van der Waals surface area contributed by atoms with Crippen molar-refractivity contribution < 1.29 is 24.0 Å². The van der Waals surface area contributed by atoms with E-state index in [0.29, 0.717) is 37.1 Å². The van der Waals surface area contributed by atoms with Gasteiger partial charge in [-0.25, -0.2) is 9.18 Å². The molecule has 0 bridgehead atoms. The van der Waals surface area contributed by atoms with Crippen LogP contribution < -0.4 is 10.2 Å². The van der Waals surface area contributed by atoms with Crippen LogP contribution in [0, 0.1) is 15.9 Å². The zero-order valence-corrected chi connectivity index (χ0v) is 18.0. The number of rotatable bonds is 7. The number of halogens is 1. The van der Waals surface area contributed by atoms with E-state index in [4.69, 9.17) is 0 Å². The molecule has 32 heavy (non-hydrogen) atoms. The molecule has 3 rings (SSSR count). The Morgan fingerprint density at radius 3 is 2.69 bits per heavy atom. The van der Waals surface area contributed by atoms with Crippen LogP contribution in [-0.4, -0.2) is 42.3 Å². The summed E-state index contributed by atoms with van der Waals surface area (Å²) in [6, 6.07) is 8.64. The zero-order chi connectivity index (χ0) is 23.3. The van der Waals surface area contributed by atoms with Gasteiger partial charge in [-0.15, -0.1) is 0 Å². The van der Waals surface area contributed by atoms with Crippen LogP contribution in [0.4, 0.5) is 21.5 Å². The minimum absolute atomic E-state index is 0.164. The summed E-state index contributed by atoms with van der Waals surface area (Å²) in [5, 5.41) is 24.6. The van der Waals surface area contributed by atoms with Crippen LogP contribution in [-0.2, 0) is 9.53 Å². The lowest BCUT2D eigenvalue weighted by Crippen LogP contribution is -2.36. The Morgan fingerprint density at radius 2 is 2.03 bits per heavy atom. The quantitative estimate of drug-likeness (QED) is 0.288. The summed E-state index contributed by atoms with van der Waals surface area (Å²) < 4.78 is 18.6. The van der Waals surface area contributed by atoms with E-state index in [1.807, 2.05) is 6.92 Å². The molecular formula is C23H26FN3O5. The second-order valence-electron chi connectivity index (χ2n) is 7.68. The highest BCUT2D eigenvalue weighted by Gasteiger charge is 2.23. The fourth-order valence-corrected chi connectivity index (χ4v) is 3.74. The van der Waals surface area contributed by atoms with Crippen molar-refractivity contribution in [1.29, 1.82) is 0 Å². The molecule has 2 aromatic rings. The van der Waals surface area contributed by atoms with Crippen molar-refractivity contribution in [3.8, 4) is 0 Å². The maximum atomic E-state index is 14.1. The van der Waals surface area contributed by atoms with Gasteiger partial charge in [0, 0.05) is 36.5 Å². The van der Waals surface area contributed by atoms with Crippen LogP contribution in [0.3, 0.4) is 0 Å². The fourth-order valence-electron chi connectivity index (χ4n) is 3.74. The van der Waals surface area contributed by atoms with Gasteiger partial charge in [-0.05, 0) is 55.7 Å². The van der Waals surface area contributed by atoms with Crippen molar-refractivity contribution in [3.05, 3.63) is 69.5 Å². The summed E-state index contributed by atoms with van der Waals surface area (Å²) in [5.41, 5.74) is 2.09. The minimum Gasteiger partial charge on any atom is -0.466 e. The van der Waals surface area contributed by atoms with Crippen molar-refractivity contribution in [2.24, 2.45) is 0 Å². The average Bonchev–Trinajstić information content (AvgIpc) is 2.78. The average molecular weight is 443 g/mol. The SMILES string of the molecule is COC(=O)C=Cc1ccc(NC(C)c2cc(F)ccc2N2CCC(O)CC2)c([N+](=O)[O-])c1. The van der Waals surface area contributed by atoms with Crippen molar-refractivity contribution >= 4 is 29.1 Å². The highest BCUT2D eigenvalue weighted by Crippen LogP contribution is 2.34. The lowest BCUT2D eigenvalue weighted by Gasteiger charge is -2.34. The number of nitrogens with zero attached hydrogens (tertiary/aromatic N) is 2. The Kier molecular flexibility index (Phi) is 7.42. The van der Waals surface area contributed by atoms with Gasteiger partial charge in [-0.3, -0.25) is 10.1 Å². The smallest absolute Gasteiger partial charge is 0.330 e. The molecule has 9 heteroatoms. The minimum atomic E-state index is -0.563. The Bertz CT molecular complexity index is 1020. The fraction of sp³-hybridized carbons (Fsp3) is 0.348. The number of esters is 1. The molecule has 1 heterocycles. The van der Waals surface area contributed by atoms with Gasteiger partial charge in [0.25, 0.3) is 5.69 Å². The van der Waals surface area contributed by atoms with Crippen LogP contribution in [0.15, 0.2) is 42.5 Å². The first-order chi connectivity index (χ1) is 15.3. The Labute approximate surface area is 185 Å². The molecule has 1 aliphatic heterocycles. The molecule has 0 aromatic heterocycles. The lowest BCUT2D eigenvalue weighted by molar-refractivity contribution is -0.384. The van der Waals surface area contributed by atoms with Crippen molar-refractivity contribution in [1.82, 2.24) is 0 Å². The molecule has 170 valence electrons. The predicted molar refractivity (Wildman–Crippen MR) is 120 cm³/mol. The molecule has 1 fully saturated rings. The lowest BCUT2D eigenvalue weighted by atomic mass is 10.0. The first-order valence-corrected chi connectivity index (χ1v) is 10.3. The topological polar surface area (TPSA) is 105 Å². The first kappa shape index (κ1) is 23.2. The summed E-state index contributed by atoms with van der Waals surface area (Å²) in [6.45, 7) is 3.10. The van der Waals surface area contributed by atoms with Crippen molar-refractivity contribution in [3.63, 3.8) is 0 Å². The van der Waals surface area contributed by atoms with Crippen molar-refractivity contribution in [2.75, 3.05) is 30.4 Å². The van der Waals surface area contributed by atoms with E-state index in [1.165, 1.54) is 37.5 Å². The van der Waals surface area contributed by atoms with Crippen LogP contribution in [0.1, 0.15) is 36.9 Å². The van der Waals surface area contributed by atoms with Crippen LogP contribution >= 0.6 is 0 Å². The summed E-state index contributed by atoms with van der Waals surface area (Å²) >= 11 is 0. The van der Waals surface area contributed by atoms with Crippen LogP contribution in [0.2, 0.25) is 0 Å². The maximum absolute atomic E-state index is 14.1. The molecule has 2 N–H and O–H groups in total. The molecule has 1 saturated heterocycles. The van der Waals surface area contributed by atoms with E-state index in [-0.39, 0.29) is 17.5 Å². The van der Waals surface area contributed by atoms with Crippen LogP contribution in [0.25, 0.3) is 6.08 Å². The van der Waals surface area contributed by atoms with E-state index >= 15 is 0 Å². The van der Waals surface area contributed by atoms with Gasteiger partial charge in [0.05, 0.1) is 24.2 Å². The molecule has 0 amide bonds. The maximum Gasteiger partial charge on any atom is 0.330 e. The Hall–Kier alpha value is -3.46. The second kappa shape index (κ2) is 10.2. The molecule has 0 aliphatic carbocycles. The van der Waals surface area contributed by atoms with Gasteiger partial charge in [-0.2, -0.15) is 0 Å². The predicted octanol–water partition coefficient (Wildman–Crippen LogP) is 4.05. The summed E-state index contributed by atoms with van der Waals surface area (Å²) in [7, 11) is 1.25. The van der Waals surface area contributed by atoms with Gasteiger partial charge in [0.1, 0.15) is 11.5 Å². The number of hydrogen-bond donors (Lipinski definition) is 2. The number of methoxy groups -OCH3 is 1. The van der Waals surface area contributed by atoms with E-state index < -0.39 is 22.8 Å². The first-order valence-electron chi connectivity index (χ1n) is 10.3. The zero-order valence-electron chi connectivity index (χ0n) is 18.0. The summed E-state index contributed by atoms with van der Waals surface area (Å²) in [4.78, 5) is 24.5. The molecule has 1 aliphatic rings. The number of carbonyl (C=O) groups excluding carboxylic acids is 1. The number of piperidine rings is 1. The normalized spacial score (nSPS) is 15.6. The second-order valence-corrected chi connectivity index (χ2v) is 7.68. The summed E-state index contributed by atoms with van der Waals surface area (Å²) in [5.74, 6) is -0.959. The molecule has 0 radical (unpaired) electrons. The Morgan fingerprint density at radius 1 is 1.31 bits per heavy atom. The van der Waals surface area contributed by atoms with E-state index in [2.05, 4.69) is 15.0 Å². The monoisotopic (exact) mass is 443 g/mol. The number of nitro benzene ring substituents is 1. The number of aliphatic hydroxyl groups excluding tert-OH is 1. The van der Waals surface area contributed by atoms with E-state index in [0.717, 1.165) is 5.69 Å². The summed E-state index contributed by atoms with van der Waals surface area (Å²) in [6.07, 6.45) is 3.54. The molecule has 0 spiro atoms. The Balaban J connectivity index is 1.87.